The Morgan fingerprint density at radius 1 is 0.264 bits per heavy atom. The number of esters is 4. The van der Waals surface area contributed by atoms with Crippen LogP contribution >= 0.6 is 15.6 Å². The molecule has 0 bridgehead atoms. The van der Waals surface area contributed by atoms with Gasteiger partial charge in [0.05, 0.1) is 26.4 Å². The second-order valence-electron chi connectivity index (χ2n) is 28.7. The Labute approximate surface area is 669 Å². The van der Waals surface area contributed by atoms with Gasteiger partial charge in [-0.3, -0.25) is 37.3 Å². The number of allylic oxidation sites excluding steroid dienone is 22. The van der Waals surface area contributed by atoms with E-state index in [1.165, 1.54) is 57.8 Å². The van der Waals surface area contributed by atoms with Gasteiger partial charge in [-0.1, -0.05) is 303 Å². The molecule has 0 saturated carbocycles. The lowest BCUT2D eigenvalue weighted by molar-refractivity contribution is -0.161. The summed E-state index contributed by atoms with van der Waals surface area (Å²) in [5, 5.41) is 10.7. The predicted molar refractivity (Wildman–Crippen MR) is 454 cm³/mol. The monoisotopic (exact) mass is 1580 g/mol. The van der Waals surface area contributed by atoms with E-state index in [2.05, 4.69) is 161 Å². The third-order valence-electron chi connectivity index (χ3n) is 18.1. The lowest BCUT2D eigenvalue weighted by atomic mass is 10.1. The van der Waals surface area contributed by atoms with Crippen LogP contribution in [0.15, 0.2) is 134 Å². The van der Waals surface area contributed by atoms with Crippen LogP contribution in [0.5, 0.6) is 0 Å². The van der Waals surface area contributed by atoms with E-state index in [1.807, 2.05) is 0 Å². The van der Waals surface area contributed by atoms with Crippen LogP contribution < -0.4 is 0 Å². The van der Waals surface area contributed by atoms with E-state index in [0.29, 0.717) is 25.7 Å². The Hall–Kier alpha value is -4.80. The van der Waals surface area contributed by atoms with Crippen LogP contribution in [0.1, 0.15) is 362 Å². The molecule has 17 nitrogen and oxygen atoms in total. The van der Waals surface area contributed by atoms with Crippen LogP contribution in [0.25, 0.3) is 0 Å². The first-order valence-electron chi connectivity index (χ1n) is 43.4. The van der Waals surface area contributed by atoms with Crippen LogP contribution in [-0.2, 0) is 65.4 Å². The van der Waals surface area contributed by atoms with Gasteiger partial charge in [0.15, 0.2) is 12.2 Å². The molecule has 19 heteroatoms. The van der Waals surface area contributed by atoms with E-state index in [4.69, 9.17) is 37.0 Å². The Bertz CT molecular complexity index is 2600. The smallest absolute Gasteiger partial charge is 0.462 e. The molecule has 110 heavy (non-hydrogen) atoms. The van der Waals surface area contributed by atoms with Gasteiger partial charge >= 0.3 is 39.5 Å². The van der Waals surface area contributed by atoms with Gasteiger partial charge in [-0.15, -0.1) is 0 Å². The highest BCUT2D eigenvalue weighted by atomic mass is 31.2. The van der Waals surface area contributed by atoms with Gasteiger partial charge in [-0.2, -0.15) is 0 Å². The van der Waals surface area contributed by atoms with Crippen molar-refractivity contribution in [2.24, 2.45) is 0 Å². The lowest BCUT2D eigenvalue weighted by Crippen LogP contribution is -2.30. The first-order valence-corrected chi connectivity index (χ1v) is 46.4. The van der Waals surface area contributed by atoms with Crippen LogP contribution in [-0.4, -0.2) is 96.7 Å². The molecule has 0 spiro atoms. The van der Waals surface area contributed by atoms with Crippen LogP contribution in [0.4, 0.5) is 0 Å². The van der Waals surface area contributed by atoms with E-state index in [-0.39, 0.29) is 25.7 Å². The molecule has 0 aliphatic carbocycles. The Balaban J connectivity index is 5.41. The summed E-state index contributed by atoms with van der Waals surface area (Å²) in [6.07, 6.45) is 94.0. The Kier molecular flexibility index (Phi) is 78.6. The highest BCUT2D eigenvalue weighted by Gasteiger charge is 2.30. The molecule has 632 valence electrons. The van der Waals surface area contributed by atoms with E-state index >= 15 is 0 Å². The number of hydrogen-bond acceptors (Lipinski definition) is 15. The van der Waals surface area contributed by atoms with Gasteiger partial charge in [0.25, 0.3) is 0 Å². The molecule has 0 aliphatic rings. The first-order chi connectivity index (χ1) is 53.7. The van der Waals surface area contributed by atoms with Crippen molar-refractivity contribution in [1.82, 2.24) is 0 Å². The number of aliphatic hydroxyl groups excluding tert-OH is 1. The molecule has 5 unspecified atom stereocenters. The minimum atomic E-state index is -4.99. The number of ether oxygens (including phenoxy) is 4. The molecule has 0 aromatic carbocycles. The molecule has 0 rings (SSSR count). The Morgan fingerprint density at radius 3 is 0.727 bits per heavy atom. The molecular formula is C91H156O17P2. The number of carbonyl (C=O) groups is 4. The molecule has 0 heterocycles. The SMILES string of the molecule is CC/C=C\C/C=C\C/C=C\CCCCCCCCCC(=O)OC(COC(=O)CCCCCCCC/C=C\C/C=C\C/C=C\CCCCC)COP(=O)(O)OCC(O)COP(=O)(O)OCC(COC(=O)CCCCCCCC/C=C\C/C=C\C/C=C\CCCCC)OC(=O)CCCCCCC/C=C\C/C=C\CCCCC. The molecule has 0 amide bonds. The number of hydrogen-bond donors (Lipinski definition) is 3. The average Bonchev–Trinajstić information content (AvgIpc) is 0.906. The van der Waals surface area contributed by atoms with Gasteiger partial charge in [0, 0.05) is 25.7 Å². The molecule has 0 fully saturated rings. The number of aliphatic hydroxyl groups is 1. The lowest BCUT2D eigenvalue weighted by Gasteiger charge is -2.21. The van der Waals surface area contributed by atoms with Gasteiger partial charge in [0.1, 0.15) is 19.3 Å². The zero-order chi connectivity index (χ0) is 80.3. The summed E-state index contributed by atoms with van der Waals surface area (Å²) in [6.45, 7) is 4.68. The maximum atomic E-state index is 13.2. The second kappa shape index (κ2) is 82.2. The van der Waals surface area contributed by atoms with Crippen molar-refractivity contribution in [1.29, 1.82) is 0 Å². The largest absolute Gasteiger partial charge is 0.472 e. The summed E-state index contributed by atoms with van der Waals surface area (Å²) in [4.78, 5) is 73.3. The fourth-order valence-corrected chi connectivity index (χ4v) is 13.0. The van der Waals surface area contributed by atoms with Crippen LogP contribution in [0, 0.1) is 0 Å². The summed E-state index contributed by atoms with van der Waals surface area (Å²) in [5.74, 6) is -2.22. The van der Waals surface area contributed by atoms with Crippen LogP contribution in [0.2, 0.25) is 0 Å². The third kappa shape index (κ3) is 81.2. The highest BCUT2D eigenvalue weighted by molar-refractivity contribution is 7.47. The van der Waals surface area contributed by atoms with Crippen molar-refractivity contribution in [3.63, 3.8) is 0 Å². The van der Waals surface area contributed by atoms with Crippen molar-refractivity contribution in [3.05, 3.63) is 134 Å². The quantitative estimate of drug-likeness (QED) is 0.0169. The van der Waals surface area contributed by atoms with Gasteiger partial charge in [-0.05, 0) is 167 Å². The van der Waals surface area contributed by atoms with Gasteiger partial charge in [-0.25, -0.2) is 9.13 Å². The van der Waals surface area contributed by atoms with E-state index in [1.54, 1.807) is 0 Å². The minimum absolute atomic E-state index is 0.0736. The van der Waals surface area contributed by atoms with E-state index in [9.17, 15) is 43.2 Å². The third-order valence-corrected chi connectivity index (χ3v) is 20.0. The van der Waals surface area contributed by atoms with Crippen molar-refractivity contribution in [2.75, 3.05) is 39.6 Å². The van der Waals surface area contributed by atoms with Gasteiger partial charge in [0.2, 0.25) is 0 Å². The summed E-state index contributed by atoms with van der Waals surface area (Å²) in [6, 6.07) is 0. The second-order valence-corrected chi connectivity index (χ2v) is 31.6. The zero-order valence-electron chi connectivity index (χ0n) is 69.4. The number of phosphoric ester groups is 2. The average molecular weight is 1580 g/mol. The van der Waals surface area contributed by atoms with E-state index in [0.717, 1.165) is 225 Å². The molecular weight excluding hydrogens is 1430 g/mol. The van der Waals surface area contributed by atoms with Crippen molar-refractivity contribution >= 4 is 39.5 Å². The molecule has 0 aromatic rings. The summed E-state index contributed by atoms with van der Waals surface area (Å²) in [5.41, 5.74) is 0. The van der Waals surface area contributed by atoms with Crippen molar-refractivity contribution in [3.8, 4) is 0 Å². The topological polar surface area (TPSA) is 237 Å². The molecule has 5 atom stereocenters. The fraction of sp³-hybridized carbons (Fsp3) is 0.714. The fourth-order valence-electron chi connectivity index (χ4n) is 11.5. The van der Waals surface area contributed by atoms with Gasteiger partial charge < -0.3 is 33.8 Å². The van der Waals surface area contributed by atoms with Crippen molar-refractivity contribution < 1.29 is 80.2 Å². The summed E-state index contributed by atoms with van der Waals surface area (Å²) < 4.78 is 68.8. The maximum absolute atomic E-state index is 13.2. The normalized spacial score (nSPS) is 14.4. The minimum Gasteiger partial charge on any atom is -0.462 e. The first kappa shape index (κ1) is 105. The standard InChI is InChI=1S/C91H156O17P2/c1-5-9-13-17-21-25-29-33-37-40-42-45-48-51-55-59-63-67-71-75-88(93)101-81-86(107-90(95)77-73-69-65-61-57-53-47-36-32-28-24-20-16-12-8-4)83-105-109(97,98)103-79-85(92)80-104-110(99,100)106-84-87(108-91(96)78-74-70-66-62-58-54-50-44-39-35-31-27-23-19-15-11-7-3)82-102-89(94)76-72-68-64-60-56-52-49-46-43-41-38-34-30-26-22-18-14-10-6-2/h11,15,21-28,33-39,42-43,45-47,85-87,92H,5-10,12-14,16-20,29-32,40-41,44,48-84H2,1-4H3,(H,97,98)(H,99,100)/b15-11-,25-21-,26-22-,27-23-,28-24-,37-33-,38-34-,39-35-,45-42-,46-43-,47-36-. The van der Waals surface area contributed by atoms with E-state index < -0.39 is 97.5 Å². The summed E-state index contributed by atoms with van der Waals surface area (Å²) >= 11 is 0. The molecule has 0 saturated heterocycles. The summed E-state index contributed by atoms with van der Waals surface area (Å²) in [7, 11) is -9.99. The molecule has 3 N–H and O–H groups in total. The highest BCUT2D eigenvalue weighted by Crippen LogP contribution is 2.45. The maximum Gasteiger partial charge on any atom is 0.472 e. The predicted octanol–water partition coefficient (Wildman–Crippen LogP) is 26.0. The zero-order valence-corrected chi connectivity index (χ0v) is 71.2. The number of rotatable bonds is 81. The molecule has 0 aliphatic heterocycles. The number of phosphoric acid groups is 2. The van der Waals surface area contributed by atoms with Crippen molar-refractivity contribution in [2.45, 2.75) is 380 Å². The number of carbonyl (C=O) groups excluding carboxylic acids is 4. The molecule has 0 aromatic heterocycles. The molecule has 0 radical (unpaired) electrons. The Morgan fingerprint density at radius 2 is 0.473 bits per heavy atom. The number of unbranched alkanes of at least 4 members (excludes halogenated alkanes) is 33. The van der Waals surface area contributed by atoms with Crippen LogP contribution in [0.3, 0.4) is 0 Å².